The van der Waals surface area contributed by atoms with E-state index >= 15 is 0 Å². The highest BCUT2D eigenvalue weighted by molar-refractivity contribution is 5.69. The molecule has 0 radical (unpaired) electrons. The summed E-state index contributed by atoms with van der Waals surface area (Å²) in [5.41, 5.74) is 9.13. The van der Waals surface area contributed by atoms with Crippen LogP contribution in [0.1, 0.15) is 11.3 Å². The molecule has 6 nitrogen and oxygen atoms in total. The highest BCUT2D eigenvalue weighted by atomic mass is 16.5. The Hall–Kier alpha value is -3.85. The lowest BCUT2D eigenvalue weighted by Gasteiger charge is -2.04. The Labute approximate surface area is 150 Å². The molecule has 6 heteroatoms. The third-order valence-corrected chi connectivity index (χ3v) is 3.86. The maximum atomic E-state index is 5.93. The zero-order valence-electron chi connectivity index (χ0n) is 14.0. The van der Waals surface area contributed by atoms with Gasteiger partial charge in [-0.25, -0.2) is 4.98 Å². The lowest BCUT2D eigenvalue weighted by Crippen LogP contribution is -1.99. The van der Waals surface area contributed by atoms with Crippen LogP contribution in [0.15, 0.2) is 61.1 Å². The average molecular weight is 341 g/mol. The predicted octanol–water partition coefficient (Wildman–Crippen LogP) is 2.78. The number of benzene rings is 1. The molecular weight excluding hydrogens is 326 g/mol. The normalized spacial score (nSPS) is 10.3. The molecule has 2 N–H and O–H groups in total. The summed E-state index contributed by atoms with van der Waals surface area (Å²) >= 11 is 0. The number of para-hydroxylation sites is 1. The van der Waals surface area contributed by atoms with Crippen molar-refractivity contribution in [2.45, 2.75) is 0 Å². The van der Waals surface area contributed by atoms with Gasteiger partial charge in [0.15, 0.2) is 0 Å². The summed E-state index contributed by atoms with van der Waals surface area (Å²) in [6, 6.07) is 13.1. The molecule has 0 unspecified atom stereocenters. The lowest BCUT2D eigenvalue weighted by atomic mass is 10.1. The average Bonchev–Trinajstić information content (AvgIpc) is 3.10. The Bertz CT molecular complexity index is 1140. The van der Waals surface area contributed by atoms with Crippen LogP contribution in [0.25, 0.3) is 17.0 Å². The second kappa shape index (κ2) is 6.57. The van der Waals surface area contributed by atoms with E-state index in [-0.39, 0.29) is 0 Å². The van der Waals surface area contributed by atoms with E-state index in [0.29, 0.717) is 17.3 Å². The Morgan fingerprint density at radius 3 is 2.65 bits per heavy atom. The number of nitrogens with zero attached hydrogens (tertiary/aromatic N) is 4. The van der Waals surface area contributed by atoms with E-state index in [2.05, 4.69) is 26.8 Å². The smallest absolute Gasteiger partial charge is 0.237 e. The Balaban J connectivity index is 1.85. The van der Waals surface area contributed by atoms with Gasteiger partial charge in [0.1, 0.15) is 17.3 Å². The number of methoxy groups -OCH3 is 1. The first-order valence-corrected chi connectivity index (χ1v) is 7.95. The summed E-state index contributed by atoms with van der Waals surface area (Å²) in [4.78, 5) is 12.9. The number of imidazole rings is 1. The van der Waals surface area contributed by atoms with E-state index in [9.17, 15) is 0 Å². The first-order chi connectivity index (χ1) is 12.7. The summed E-state index contributed by atoms with van der Waals surface area (Å²) in [6.07, 6.45) is 5.30. The number of nitrogen functional groups attached to an aromatic ring is 1. The summed E-state index contributed by atoms with van der Waals surface area (Å²) < 4.78 is 7.25. The molecule has 3 heterocycles. The molecule has 26 heavy (non-hydrogen) atoms. The molecule has 0 amide bonds. The van der Waals surface area contributed by atoms with Gasteiger partial charge in [-0.1, -0.05) is 18.1 Å². The highest BCUT2D eigenvalue weighted by Gasteiger charge is 2.12. The number of fused-ring (bicyclic) bond motifs is 1. The van der Waals surface area contributed by atoms with Gasteiger partial charge in [0, 0.05) is 35.8 Å². The van der Waals surface area contributed by atoms with E-state index in [4.69, 9.17) is 10.5 Å². The zero-order valence-corrected chi connectivity index (χ0v) is 14.0. The summed E-state index contributed by atoms with van der Waals surface area (Å²) in [5.74, 6) is 7.84. The van der Waals surface area contributed by atoms with Crippen molar-refractivity contribution in [1.82, 2.24) is 19.4 Å². The fraction of sp³-hybridized carbons (Fsp3) is 0.0500. The van der Waals surface area contributed by atoms with Gasteiger partial charge in [-0.3, -0.25) is 9.38 Å². The number of aromatic nitrogens is 4. The van der Waals surface area contributed by atoms with Crippen LogP contribution in [0, 0.1) is 11.8 Å². The highest BCUT2D eigenvalue weighted by Crippen LogP contribution is 2.29. The molecule has 0 aliphatic rings. The minimum Gasteiger partial charge on any atom is -0.496 e. The lowest BCUT2D eigenvalue weighted by molar-refractivity contribution is 0.416. The molecule has 4 rings (SSSR count). The maximum absolute atomic E-state index is 5.93. The fourth-order valence-corrected chi connectivity index (χ4v) is 2.64. The minimum atomic E-state index is 0.369. The molecule has 0 spiro atoms. The van der Waals surface area contributed by atoms with Crippen molar-refractivity contribution >= 4 is 11.6 Å². The van der Waals surface area contributed by atoms with Gasteiger partial charge >= 0.3 is 0 Å². The Kier molecular flexibility index (Phi) is 3.96. The number of nitrogens with two attached hydrogens (primary N) is 1. The number of hydrogen-bond donors (Lipinski definition) is 1. The first-order valence-electron chi connectivity index (χ1n) is 7.95. The second-order valence-corrected chi connectivity index (χ2v) is 5.55. The van der Waals surface area contributed by atoms with Crippen LogP contribution >= 0.6 is 0 Å². The van der Waals surface area contributed by atoms with Crippen LogP contribution in [-0.4, -0.2) is 26.5 Å². The van der Waals surface area contributed by atoms with E-state index in [1.807, 2.05) is 47.0 Å². The number of ether oxygens (including phenoxy) is 1. The molecule has 0 bridgehead atoms. The predicted molar refractivity (Wildman–Crippen MR) is 99.6 cm³/mol. The summed E-state index contributed by atoms with van der Waals surface area (Å²) in [5, 5.41) is 0. The molecule has 0 aliphatic heterocycles. The molecule has 0 fully saturated rings. The van der Waals surface area contributed by atoms with Gasteiger partial charge in [-0.15, -0.1) is 0 Å². The van der Waals surface area contributed by atoms with Crippen molar-refractivity contribution in [3.63, 3.8) is 0 Å². The van der Waals surface area contributed by atoms with Crippen molar-refractivity contribution < 1.29 is 4.74 Å². The van der Waals surface area contributed by atoms with E-state index in [1.54, 1.807) is 25.6 Å². The van der Waals surface area contributed by atoms with Gasteiger partial charge in [0.05, 0.1) is 12.8 Å². The third kappa shape index (κ3) is 2.94. The topological polar surface area (TPSA) is 78.3 Å². The number of pyridine rings is 1. The zero-order chi connectivity index (χ0) is 17.9. The van der Waals surface area contributed by atoms with Crippen molar-refractivity contribution in [2.75, 3.05) is 12.8 Å². The van der Waals surface area contributed by atoms with Crippen LogP contribution in [0.4, 0.5) is 5.82 Å². The maximum Gasteiger partial charge on any atom is 0.237 e. The summed E-state index contributed by atoms with van der Waals surface area (Å²) in [7, 11) is 1.64. The van der Waals surface area contributed by atoms with Crippen molar-refractivity contribution in [3.05, 3.63) is 72.3 Å². The first kappa shape index (κ1) is 15.7. The molecule has 0 atom stereocenters. The molecular formula is C20H15N5O. The summed E-state index contributed by atoms with van der Waals surface area (Å²) in [6.45, 7) is 0. The van der Waals surface area contributed by atoms with Gasteiger partial charge in [0.25, 0.3) is 0 Å². The monoisotopic (exact) mass is 341 g/mol. The molecule has 0 saturated carbocycles. The van der Waals surface area contributed by atoms with E-state index in [0.717, 1.165) is 22.6 Å². The van der Waals surface area contributed by atoms with Crippen molar-refractivity contribution in [1.29, 1.82) is 0 Å². The number of rotatable bonds is 2. The van der Waals surface area contributed by atoms with Crippen LogP contribution in [0.2, 0.25) is 0 Å². The Morgan fingerprint density at radius 2 is 1.85 bits per heavy atom. The number of hydrogen-bond acceptors (Lipinski definition) is 5. The molecule has 4 aromatic rings. The Morgan fingerprint density at radius 1 is 1.04 bits per heavy atom. The quantitative estimate of drug-likeness (QED) is 0.567. The molecule has 0 saturated heterocycles. The fourth-order valence-electron chi connectivity index (χ4n) is 2.64. The molecule has 3 aromatic heterocycles. The van der Waals surface area contributed by atoms with Crippen LogP contribution in [0.3, 0.4) is 0 Å². The van der Waals surface area contributed by atoms with Gasteiger partial charge < -0.3 is 10.5 Å². The van der Waals surface area contributed by atoms with Gasteiger partial charge in [-0.05, 0) is 30.2 Å². The van der Waals surface area contributed by atoms with Crippen molar-refractivity contribution in [3.8, 4) is 28.8 Å². The van der Waals surface area contributed by atoms with E-state index < -0.39 is 0 Å². The minimum absolute atomic E-state index is 0.369. The molecule has 1 aromatic carbocycles. The largest absolute Gasteiger partial charge is 0.496 e. The standard InChI is InChI=1S/C20H15N5O/c1-26-18-5-3-2-4-16(18)17-13-25-15(12-19(21)24-20(25)23-17)7-6-14-8-10-22-11-9-14/h2-5,8-13H,1H3,(H2,21,23,24). The van der Waals surface area contributed by atoms with Crippen LogP contribution in [-0.2, 0) is 0 Å². The third-order valence-electron chi connectivity index (χ3n) is 3.86. The second-order valence-electron chi connectivity index (χ2n) is 5.55. The molecule has 0 aliphatic carbocycles. The van der Waals surface area contributed by atoms with Gasteiger partial charge in [0.2, 0.25) is 5.78 Å². The number of anilines is 1. The van der Waals surface area contributed by atoms with Crippen molar-refractivity contribution in [2.24, 2.45) is 0 Å². The van der Waals surface area contributed by atoms with Crippen LogP contribution in [0.5, 0.6) is 5.75 Å². The molecule has 126 valence electrons. The van der Waals surface area contributed by atoms with E-state index in [1.165, 1.54) is 0 Å². The van der Waals surface area contributed by atoms with Gasteiger partial charge in [-0.2, -0.15) is 4.98 Å². The SMILES string of the molecule is COc1ccccc1-c1cn2c(C#Cc3ccncc3)cc(N)nc2n1. The van der Waals surface area contributed by atoms with Crippen LogP contribution < -0.4 is 10.5 Å².